The summed E-state index contributed by atoms with van der Waals surface area (Å²) in [6.07, 6.45) is 2.29. The van der Waals surface area contributed by atoms with Crippen LogP contribution < -0.4 is 5.32 Å². The molecular formula is C21H28N4O4. The van der Waals surface area contributed by atoms with Crippen LogP contribution in [0.2, 0.25) is 0 Å². The molecule has 1 unspecified atom stereocenters. The van der Waals surface area contributed by atoms with Crippen LogP contribution in [0.1, 0.15) is 49.2 Å². The van der Waals surface area contributed by atoms with E-state index in [1.807, 2.05) is 45.2 Å². The lowest BCUT2D eigenvalue weighted by molar-refractivity contribution is 0.0288. The molecule has 0 radical (unpaired) electrons. The molecule has 2 aromatic rings. The van der Waals surface area contributed by atoms with Gasteiger partial charge in [-0.05, 0) is 38.8 Å². The van der Waals surface area contributed by atoms with E-state index in [0.29, 0.717) is 31.1 Å². The summed E-state index contributed by atoms with van der Waals surface area (Å²) in [5, 5.41) is 7.31. The molecule has 1 aromatic heterocycles. The molecule has 3 rings (SSSR count). The Bertz CT molecular complexity index is 872. The summed E-state index contributed by atoms with van der Waals surface area (Å²) in [6.45, 7) is 7.07. The van der Waals surface area contributed by atoms with Crippen molar-refractivity contribution in [1.29, 1.82) is 0 Å². The molecule has 0 saturated carbocycles. The van der Waals surface area contributed by atoms with E-state index in [4.69, 9.17) is 9.47 Å². The largest absolute Gasteiger partial charge is 0.444 e. The van der Waals surface area contributed by atoms with E-state index in [-0.39, 0.29) is 18.0 Å². The average molecular weight is 400 g/mol. The molecule has 8 heteroatoms. The number of carbonyl (C=O) groups is 2. The standard InChI is InChI=1S/C21H28N4O4/c1-21(2,3)29-20(27)24-11-9-16(13-24)25-12-10-18(23-25)22-19(26)17-8-6-5-7-15(17)14-28-4/h5-8,10,12,16H,9,11,13-14H2,1-4H3,(H,22,23,26). The second-order valence-corrected chi connectivity index (χ2v) is 8.09. The highest BCUT2D eigenvalue weighted by Gasteiger charge is 2.31. The molecular weight excluding hydrogens is 372 g/mol. The summed E-state index contributed by atoms with van der Waals surface area (Å²) >= 11 is 0. The molecule has 2 heterocycles. The maximum Gasteiger partial charge on any atom is 0.410 e. The molecule has 8 nitrogen and oxygen atoms in total. The van der Waals surface area contributed by atoms with Gasteiger partial charge in [-0.3, -0.25) is 9.48 Å². The summed E-state index contributed by atoms with van der Waals surface area (Å²) < 4.78 is 12.4. The number of ether oxygens (including phenoxy) is 2. The molecule has 29 heavy (non-hydrogen) atoms. The van der Waals surface area contributed by atoms with Crippen molar-refractivity contribution >= 4 is 17.8 Å². The highest BCUT2D eigenvalue weighted by molar-refractivity contribution is 6.04. The van der Waals surface area contributed by atoms with Crippen LogP contribution in [0.4, 0.5) is 10.6 Å². The summed E-state index contributed by atoms with van der Waals surface area (Å²) in [4.78, 5) is 26.6. The number of carbonyl (C=O) groups excluding carboxylic acids is 2. The number of nitrogens with zero attached hydrogens (tertiary/aromatic N) is 3. The minimum Gasteiger partial charge on any atom is -0.444 e. The first kappa shape index (κ1) is 20.9. The van der Waals surface area contributed by atoms with Gasteiger partial charge in [-0.1, -0.05) is 18.2 Å². The highest BCUT2D eigenvalue weighted by Crippen LogP contribution is 2.24. The number of methoxy groups -OCH3 is 1. The van der Waals surface area contributed by atoms with E-state index < -0.39 is 5.60 Å². The van der Waals surface area contributed by atoms with Crippen molar-refractivity contribution in [3.05, 3.63) is 47.7 Å². The molecule has 2 amide bonds. The Labute approximate surface area is 170 Å². The Hall–Kier alpha value is -2.87. The molecule has 1 aliphatic rings. The zero-order valence-electron chi connectivity index (χ0n) is 17.3. The minimum atomic E-state index is -0.516. The van der Waals surface area contributed by atoms with Crippen molar-refractivity contribution < 1.29 is 19.1 Å². The highest BCUT2D eigenvalue weighted by atomic mass is 16.6. The zero-order chi connectivity index (χ0) is 21.0. The lowest BCUT2D eigenvalue weighted by atomic mass is 10.1. The molecule has 1 saturated heterocycles. The number of amides is 2. The van der Waals surface area contributed by atoms with Crippen LogP contribution >= 0.6 is 0 Å². The molecule has 0 aliphatic carbocycles. The maximum atomic E-state index is 12.6. The van der Waals surface area contributed by atoms with Gasteiger partial charge in [0.15, 0.2) is 5.82 Å². The third-order valence-electron chi connectivity index (χ3n) is 4.60. The van der Waals surface area contributed by atoms with Gasteiger partial charge in [0.2, 0.25) is 0 Å². The topological polar surface area (TPSA) is 85.7 Å². The summed E-state index contributed by atoms with van der Waals surface area (Å²) in [5.74, 6) is 0.239. The van der Waals surface area contributed by atoms with E-state index in [1.54, 1.807) is 28.8 Å². The molecule has 1 N–H and O–H groups in total. The van der Waals surface area contributed by atoms with Gasteiger partial charge in [-0.15, -0.1) is 0 Å². The van der Waals surface area contributed by atoms with Crippen molar-refractivity contribution in [3.63, 3.8) is 0 Å². The quantitative estimate of drug-likeness (QED) is 0.831. The average Bonchev–Trinajstić information content (AvgIpc) is 3.30. The Morgan fingerprint density at radius 2 is 2.00 bits per heavy atom. The number of rotatable bonds is 5. The first-order valence-electron chi connectivity index (χ1n) is 9.68. The van der Waals surface area contributed by atoms with Crippen LogP contribution in [0.3, 0.4) is 0 Å². The zero-order valence-corrected chi connectivity index (χ0v) is 17.3. The van der Waals surface area contributed by atoms with Crippen molar-refractivity contribution in [2.24, 2.45) is 0 Å². The second-order valence-electron chi connectivity index (χ2n) is 8.09. The van der Waals surface area contributed by atoms with E-state index in [9.17, 15) is 9.59 Å². The molecule has 156 valence electrons. The van der Waals surface area contributed by atoms with Gasteiger partial charge in [0.05, 0.1) is 12.6 Å². The van der Waals surface area contributed by atoms with E-state index in [2.05, 4.69) is 10.4 Å². The number of anilines is 1. The minimum absolute atomic E-state index is 0.0500. The lowest BCUT2D eigenvalue weighted by Crippen LogP contribution is -2.35. The Morgan fingerprint density at radius 3 is 2.72 bits per heavy atom. The Kier molecular flexibility index (Phi) is 6.22. The van der Waals surface area contributed by atoms with Gasteiger partial charge < -0.3 is 19.7 Å². The first-order valence-corrected chi connectivity index (χ1v) is 9.68. The van der Waals surface area contributed by atoms with Crippen LogP contribution in [0.25, 0.3) is 0 Å². The van der Waals surface area contributed by atoms with E-state index >= 15 is 0 Å². The van der Waals surface area contributed by atoms with Crippen LogP contribution in [-0.4, -0.2) is 52.5 Å². The van der Waals surface area contributed by atoms with Crippen molar-refractivity contribution in [1.82, 2.24) is 14.7 Å². The molecule has 0 bridgehead atoms. The molecule has 1 aliphatic heterocycles. The number of nitrogens with one attached hydrogen (secondary N) is 1. The summed E-state index contributed by atoms with van der Waals surface area (Å²) in [7, 11) is 1.60. The summed E-state index contributed by atoms with van der Waals surface area (Å²) in [5.41, 5.74) is 0.855. The second kappa shape index (κ2) is 8.65. The predicted molar refractivity (Wildman–Crippen MR) is 109 cm³/mol. The maximum absolute atomic E-state index is 12.6. The SMILES string of the molecule is COCc1ccccc1C(=O)Nc1ccn(C2CCN(C(=O)OC(C)(C)C)C2)n1. The van der Waals surface area contributed by atoms with Gasteiger partial charge in [0.1, 0.15) is 5.60 Å². The van der Waals surface area contributed by atoms with Crippen LogP contribution in [0, 0.1) is 0 Å². The number of aromatic nitrogens is 2. The fourth-order valence-corrected chi connectivity index (χ4v) is 3.26. The van der Waals surface area contributed by atoms with Gasteiger partial charge >= 0.3 is 6.09 Å². The molecule has 0 spiro atoms. The van der Waals surface area contributed by atoms with Crippen LogP contribution in [0.5, 0.6) is 0 Å². The predicted octanol–water partition coefficient (Wildman–Crippen LogP) is 3.46. The number of hydrogen-bond donors (Lipinski definition) is 1. The number of benzene rings is 1. The number of hydrogen-bond acceptors (Lipinski definition) is 5. The van der Waals surface area contributed by atoms with E-state index in [1.165, 1.54) is 0 Å². The van der Waals surface area contributed by atoms with Crippen LogP contribution in [0.15, 0.2) is 36.5 Å². The summed E-state index contributed by atoms with van der Waals surface area (Å²) in [6, 6.07) is 9.12. The van der Waals surface area contributed by atoms with Gasteiger partial charge in [0, 0.05) is 38.0 Å². The normalized spacial score (nSPS) is 16.7. The molecule has 1 aromatic carbocycles. The molecule has 1 fully saturated rings. The van der Waals surface area contributed by atoms with Crippen molar-refractivity contribution in [3.8, 4) is 0 Å². The molecule has 1 atom stereocenters. The van der Waals surface area contributed by atoms with Crippen molar-refractivity contribution in [2.45, 2.75) is 45.4 Å². The smallest absolute Gasteiger partial charge is 0.410 e. The fourth-order valence-electron chi connectivity index (χ4n) is 3.26. The van der Waals surface area contributed by atoms with Gasteiger partial charge in [-0.2, -0.15) is 5.10 Å². The number of likely N-dealkylation sites (tertiary alicyclic amines) is 1. The van der Waals surface area contributed by atoms with Gasteiger partial charge in [-0.25, -0.2) is 4.79 Å². The van der Waals surface area contributed by atoms with E-state index in [0.717, 1.165) is 12.0 Å². The third-order valence-corrected chi connectivity index (χ3v) is 4.60. The van der Waals surface area contributed by atoms with Crippen molar-refractivity contribution in [2.75, 3.05) is 25.5 Å². The first-order chi connectivity index (χ1) is 13.8. The third kappa shape index (κ3) is 5.35. The Balaban J connectivity index is 1.62. The van der Waals surface area contributed by atoms with Crippen LogP contribution in [-0.2, 0) is 16.1 Å². The monoisotopic (exact) mass is 400 g/mol. The fraction of sp³-hybridized carbons (Fsp3) is 0.476. The van der Waals surface area contributed by atoms with Gasteiger partial charge in [0.25, 0.3) is 5.91 Å². The lowest BCUT2D eigenvalue weighted by Gasteiger charge is -2.24. The Morgan fingerprint density at radius 1 is 1.24 bits per heavy atom.